The number of benzene rings is 1. The molecular formula is C15H23N3O3. The van der Waals surface area contributed by atoms with E-state index in [1.165, 1.54) is 0 Å². The van der Waals surface area contributed by atoms with E-state index in [4.69, 9.17) is 0 Å². The highest BCUT2D eigenvalue weighted by atomic mass is 16.4. The fourth-order valence-corrected chi connectivity index (χ4v) is 1.98. The summed E-state index contributed by atoms with van der Waals surface area (Å²) in [6.07, 6.45) is 0. The molecule has 1 aromatic rings. The van der Waals surface area contributed by atoms with E-state index in [1.807, 2.05) is 0 Å². The molecule has 1 aromatic carbocycles. The zero-order chi connectivity index (χ0) is 15.7. The van der Waals surface area contributed by atoms with Crippen LogP contribution in [0.15, 0.2) is 30.3 Å². The van der Waals surface area contributed by atoms with Crippen molar-refractivity contribution in [3.8, 4) is 0 Å². The number of rotatable bonds is 8. The van der Waals surface area contributed by atoms with Gasteiger partial charge in [0.1, 0.15) is 0 Å². The quantitative estimate of drug-likeness (QED) is 0.677. The highest BCUT2D eigenvalue weighted by molar-refractivity contribution is 5.83. The van der Waals surface area contributed by atoms with Gasteiger partial charge < -0.3 is 20.6 Å². The number of nitrogens with zero attached hydrogens (tertiary/aromatic N) is 1. The monoisotopic (exact) mass is 293 g/mol. The number of carboxylic acids is 1. The summed E-state index contributed by atoms with van der Waals surface area (Å²) in [6, 6.07) is 7.12. The Hall–Kier alpha value is -2.08. The second kappa shape index (κ2) is 8.97. The predicted octanol–water partition coefficient (Wildman–Crippen LogP) is 1.45. The third-order valence-corrected chi connectivity index (χ3v) is 3.26. The molecule has 116 valence electrons. The lowest BCUT2D eigenvalue weighted by atomic mass is 10.1. The third-order valence-electron chi connectivity index (χ3n) is 3.26. The average Bonchev–Trinajstić information content (AvgIpc) is 2.50. The molecule has 1 atom stereocenters. The Morgan fingerprint density at radius 2 is 1.81 bits per heavy atom. The molecule has 6 heteroatoms. The first kappa shape index (κ1) is 17.0. The van der Waals surface area contributed by atoms with E-state index in [9.17, 15) is 14.7 Å². The average molecular weight is 293 g/mol. The number of carbonyl (C=O) groups is 2. The van der Waals surface area contributed by atoms with Gasteiger partial charge in [0.15, 0.2) is 6.04 Å². The van der Waals surface area contributed by atoms with Crippen molar-refractivity contribution >= 4 is 12.0 Å². The van der Waals surface area contributed by atoms with Crippen molar-refractivity contribution < 1.29 is 14.7 Å². The molecule has 3 N–H and O–H groups in total. The summed E-state index contributed by atoms with van der Waals surface area (Å²) >= 11 is 0. The zero-order valence-corrected chi connectivity index (χ0v) is 12.5. The molecule has 2 amide bonds. The lowest BCUT2D eigenvalue weighted by Crippen LogP contribution is -2.43. The molecule has 0 saturated carbocycles. The maximum atomic E-state index is 11.8. The Bertz CT molecular complexity index is 447. The minimum Gasteiger partial charge on any atom is -0.479 e. The van der Waals surface area contributed by atoms with Gasteiger partial charge in [-0.25, -0.2) is 9.59 Å². The number of urea groups is 1. The van der Waals surface area contributed by atoms with Crippen LogP contribution >= 0.6 is 0 Å². The normalized spacial score (nSPS) is 12.0. The highest BCUT2D eigenvalue weighted by Crippen LogP contribution is 2.12. The van der Waals surface area contributed by atoms with Crippen LogP contribution in [0.4, 0.5) is 4.79 Å². The van der Waals surface area contributed by atoms with E-state index in [0.717, 1.165) is 19.6 Å². The molecule has 0 fully saturated rings. The van der Waals surface area contributed by atoms with Gasteiger partial charge in [-0.1, -0.05) is 44.2 Å². The Balaban J connectivity index is 2.49. The second-order valence-electron chi connectivity index (χ2n) is 4.61. The summed E-state index contributed by atoms with van der Waals surface area (Å²) in [5.41, 5.74) is 0.545. The number of carboxylic acid groups (broad SMARTS) is 1. The van der Waals surface area contributed by atoms with Crippen LogP contribution in [0, 0.1) is 0 Å². The van der Waals surface area contributed by atoms with Crippen LogP contribution in [-0.2, 0) is 4.79 Å². The Kier molecular flexibility index (Phi) is 7.25. The Labute approximate surface area is 125 Å². The van der Waals surface area contributed by atoms with E-state index in [-0.39, 0.29) is 0 Å². The number of hydrogen-bond acceptors (Lipinski definition) is 3. The minimum absolute atomic E-state index is 0.474. The van der Waals surface area contributed by atoms with Crippen molar-refractivity contribution in [2.24, 2.45) is 0 Å². The first-order valence-corrected chi connectivity index (χ1v) is 7.13. The van der Waals surface area contributed by atoms with Gasteiger partial charge in [0.2, 0.25) is 0 Å². The molecule has 0 heterocycles. The Morgan fingerprint density at radius 3 is 2.33 bits per heavy atom. The van der Waals surface area contributed by atoms with E-state index in [1.54, 1.807) is 30.3 Å². The van der Waals surface area contributed by atoms with Gasteiger partial charge in [-0.3, -0.25) is 0 Å². The van der Waals surface area contributed by atoms with Gasteiger partial charge in [-0.15, -0.1) is 0 Å². The van der Waals surface area contributed by atoms with Crippen molar-refractivity contribution in [1.29, 1.82) is 0 Å². The summed E-state index contributed by atoms with van der Waals surface area (Å²) in [5.74, 6) is -1.08. The van der Waals surface area contributed by atoms with Crippen molar-refractivity contribution in [2.75, 3.05) is 26.2 Å². The molecule has 1 rings (SSSR count). The van der Waals surface area contributed by atoms with Gasteiger partial charge in [0.25, 0.3) is 0 Å². The molecule has 0 spiro atoms. The fourth-order valence-electron chi connectivity index (χ4n) is 1.98. The molecule has 0 aliphatic rings. The Morgan fingerprint density at radius 1 is 1.19 bits per heavy atom. The van der Waals surface area contributed by atoms with Crippen LogP contribution < -0.4 is 10.6 Å². The van der Waals surface area contributed by atoms with Crippen LogP contribution in [0.1, 0.15) is 25.5 Å². The first-order valence-electron chi connectivity index (χ1n) is 7.13. The standard InChI is InChI=1S/C15H23N3O3/c1-3-18(4-2)11-10-16-15(21)17-13(14(19)20)12-8-6-5-7-9-12/h5-9,13H,3-4,10-11H2,1-2H3,(H,19,20)(H2,16,17,21)/t13-/m0/s1. The molecule has 0 unspecified atom stereocenters. The maximum absolute atomic E-state index is 11.8. The number of amides is 2. The molecule has 0 aliphatic heterocycles. The van der Waals surface area contributed by atoms with Gasteiger partial charge >= 0.3 is 12.0 Å². The molecule has 0 radical (unpaired) electrons. The van der Waals surface area contributed by atoms with Crippen LogP contribution in [-0.4, -0.2) is 48.2 Å². The summed E-state index contributed by atoms with van der Waals surface area (Å²) < 4.78 is 0. The van der Waals surface area contributed by atoms with E-state index in [2.05, 4.69) is 29.4 Å². The fraction of sp³-hybridized carbons (Fsp3) is 0.467. The largest absolute Gasteiger partial charge is 0.479 e. The van der Waals surface area contributed by atoms with Crippen molar-refractivity contribution in [3.63, 3.8) is 0 Å². The number of hydrogen-bond donors (Lipinski definition) is 3. The smallest absolute Gasteiger partial charge is 0.330 e. The lowest BCUT2D eigenvalue weighted by molar-refractivity contribution is -0.139. The van der Waals surface area contributed by atoms with Crippen LogP contribution in [0.2, 0.25) is 0 Å². The lowest BCUT2D eigenvalue weighted by Gasteiger charge is -2.19. The summed E-state index contributed by atoms with van der Waals surface area (Å²) in [4.78, 5) is 25.2. The number of nitrogens with one attached hydrogen (secondary N) is 2. The molecule has 21 heavy (non-hydrogen) atoms. The number of likely N-dealkylation sites (N-methyl/N-ethyl adjacent to an activating group) is 1. The zero-order valence-electron chi connectivity index (χ0n) is 12.5. The molecule has 6 nitrogen and oxygen atoms in total. The van der Waals surface area contributed by atoms with Crippen LogP contribution in [0.5, 0.6) is 0 Å². The summed E-state index contributed by atoms with van der Waals surface area (Å²) in [6.45, 7) is 7.17. The van der Waals surface area contributed by atoms with Gasteiger partial charge in [-0.2, -0.15) is 0 Å². The number of aliphatic carboxylic acids is 1. The maximum Gasteiger partial charge on any atom is 0.330 e. The minimum atomic E-state index is -1.08. The summed E-state index contributed by atoms with van der Waals surface area (Å²) in [7, 11) is 0. The molecule has 0 bridgehead atoms. The molecule has 0 aromatic heterocycles. The highest BCUT2D eigenvalue weighted by Gasteiger charge is 2.21. The molecule has 0 saturated heterocycles. The van der Waals surface area contributed by atoms with Crippen molar-refractivity contribution in [2.45, 2.75) is 19.9 Å². The number of carbonyl (C=O) groups excluding carboxylic acids is 1. The van der Waals surface area contributed by atoms with E-state index < -0.39 is 18.0 Å². The summed E-state index contributed by atoms with van der Waals surface area (Å²) in [5, 5.41) is 14.4. The van der Waals surface area contributed by atoms with Crippen molar-refractivity contribution in [3.05, 3.63) is 35.9 Å². The second-order valence-corrected chi connectivity index (χ2v) is 4.61. The third kappa shape index (κ3) is 5.83. The van der Waals surface area contributed by atoms with E-state index in [0.29, 0.717) is 12.1 Å². The topological polar surface area (TPSA) is 81.7 Å². The van der Waals surface area contributed by atoms with Crippen LogP contribution in [0.3, 0.4) is 0 Å². The molecular weight excluding hydrogens is 270 g/mol. The molecule has 0 aliphatic carbocycles. The van der Waals surface area contributed by atoms with Crippen molar-refractivity contribution in [1.82, 2.24) is 15.5 Å². The van der Waals surface area contributed by atoms with Gasteiger partial charge in [-0.05, 0) is 18.7 Å². The van der Waals surface area contributed by atoms with Gasteiger partial charge in [0.05, 0.1) is 0 Å². The SMILES string of the molecule is CCN(CC)CCNC(=O)N[C@H](C(=O)O)c1ccccc1. The predicted molar refractivity (Wildman–Crippen MR) is 81.1 cm³/mol. The first-order chi connectivity index (χ1) is 10.1. The van der Waals surface area contributed by atoms with E-state index >= 15 is 0 Å². The van der Waals surface area contributed by atoms with Gasteiger partial charge in [0, 0.05) is 13.1 Å². The van der Waals surface area contributed by atoms with Crippen LogP contribution in [0.25, 0.3) is 0 Å².